The summed E-state index contributed by atoms with van der Waals surface area (Å²) in [5.74, 6) is -0.716. The summed E-state index contributed by atoms with van der Waals surface area (Å²) in [6, 6.07) is 7.25. The average molecular weight is 290 g/mol. The molecule has 0 aliphatic carbocycles. The van der Waals surface area contributed by atoms with Crippen molar-refractivity contribution in [2.75, 3.05) is 5.32 Å². The first-order valence-corrected chi connectivity index (χ1v) is 6.66. The van der Waals surface area contributed by atoms with Crippen LogP contribution in [-0.2, 0) is 11.8 Å². The number of aryl methyl sites for hydroxylation is 1. The fraction of sp³-hybridized carbons (Fsp3) is 0.133. The van der Waals surface area contributed by atoms with E-state index in [2.05, 4.69) is 26.5 Å². The summed E-state index contributed by atoms with van der Waals surface area (Å²) in [4.78, 5) is 20.9. The smallest absolute Gasteiger partial charge is 0.238 e. The molecule has 7 nitrogen and oxygen atoms in total. The number of hydrogen-bond donors (Lipinski definition) is 1. The number of hydrogen-bond acceptors (Lipinski definition) is 5. The molecule has 7 heteroatoms. The van der Waals surface area contributed by atoms with Gasteiger partial charge in [0.2, 0.25) is 5.91 Å². The first kappa shape index (κ1) is 12.5. The number of nitriles is 1. The van der Waals surface area contributed by atoms with Crippen LogP contribution in [0.25, 0.3) is 11.0 Å². The van der Waals surface area contributed by atoms with Gasteiger partial charge in [-0.25, -0.2) is 9.97 Å². The molecular formula is C15H10N6O. The Hall–Kier alpha value is -3.27. The first-order chi connectivity index (χ1) is 10.7. The molecule has 3 heterocycles. The molecule has 0 saturated carbocycles. The van der Waals surface area contributed by atoms with Crippen LogP contribution in [0.5, 0.6) is 0 Å². The molecule has 4 rings (SSSR count). The lowest BCUT2D eigenvalue weighted by atomic mass is 9.94. The van der Waals surface area contributed by atoms with Crippen LogP contribution in [0.4, 0.5) is 5.69 Å². The lowest BCUT2D eigenvalue weighted by Gasteiger charge is -2.09. The number of amides is 1. The summed E-state index contributed by atoms with van der Waals surface area (Å²) >= 11 is 0. The molecular weight excluding hydrogens is 280 g/mol. The molecule has 0 bridgehead atoms. The zero-order valence-electron chi connectivity index (χ0n) is 11.6. The number of carbonyl (C=O) groups is 1. The van der Waals surface area contributed by atoms with Crippen LogP contribution >= 0.6 is 0 Å². The minimum absolute atomic E-state index is 0.158. The summed E-state index contributed by atoms with van der Waals surface area (Å²) in [5, 5.41) is 16.8. The van der Waals surface area contributed by atoms with E-state index in [1.165, 1.54) is 6.33 Å². The maximum atomic E-state index is 12.4. The minimum atomic E-state index is -0.557. The molecule has 22 heavy (non-hydrogen) atoms. The molecule has 0 saturated heterocycles. The van der Waals surface area contributed by atoms with Crippen LogP contribution < -0.4 is 5.32 Å². The van der Waals surface area contributed by atoms with E-state index in [0.717, 1.165) is 10.9 Å². The predicted octanol–water partition coefficient (Wildman–Crippen LogP) is 1.32. The van der Waals surface area contributed by atoms with Crippen LogP contribution in [0, 0.1) is 11.3 Å². The van der Waals surface area contributed by atoms with Gasteiger partial charge in [-0.1, -0.05) is 0 Å². The van der Waals surface area contributed by atoms with Crippen LogP contribution in [0.15, 0.2) is 30.7 Å². The van der Waals surface area contributed by atoms with E-state index in [1.807, 2.05) is 0 Å². The van der Waals surface area contributed by atoms with Crippen molar-refractivity contribution in [2.24, 2.45) is 7.05 Å². The maximum absolute atomic E-state index is 12.4. The van der Waals surface area contributed by atoms with Gasteiger partial charge in [-0.15, -0.1) is 0 Å². The Labute approximate surface area is 125 Å². The molecule has 1 N–H and O–H groups in total. The third-order valence-corrected chi connectivity index (χ3v) is 3.85. The number of carbonyl (C=O) groups excluding carboxylic acids is 1. The van der Waals surface area contributed by atoms with Crippen LogP contribution in [-0.4, -0.2) is 25.7 Å². The summed E-state index contributed by atoms with van der Waals surface area (Å²) < 4.78 is 1.64. The second-order valence-electron chi connectivity index (χ2n) is 5.10. The molecule has 1 atom stereocenters. The SMILES string of the molecule is Cn1ncc2c(C3C(=O)Nc4ccc(C#N)cc43)ncnc21. The second kappa shape index (κ2) is 4.36. The fourth-order valence-electron chi connectivity index (χ4n) is 2.81. The Kier molecular flexibility index (Phi) is 2.47. The Bertz CT molecular complexity index is 968. The Morgan fingerprint density at radius 1 is 1.36 bits per heavy atom. The van der Waals surface area contributed by atoms with Gasteiger partial charge < -0.3 is 5.32 Å². The summed E-state index contributed by atoms with van der Waals surface area (Å²) in [5.41, 5.74) is 3.25. The van der Waals surface area contributed by atoms with Crippen molar-refractivity contribution in [2.45, 2.75) is 5.92 Å². The average Bonchev–Trinajstić information content (AvgIpc) is 3.06. The van der Waals surface area contributed by atoms with E-state index in [-0.39, 0.29) is 5.91 Å². The normalized spacial score (nSPS) is 16.4. The molecule has 2 aromatic heterocycles. The maximum Gasteiger partial charge on any atom is 0.238 e. The zero-order valence-corrected chi connectivity index (χ0v) is 11.6. The van der Waals surface area contributed by atoms with Crippen molar-refractivity contribution >= 4 is 22.6 Å². The molecule has 0 radical (unpaired) electrons. The summed E-state index contributed by atoms with van der Waals surface area (Å²) in [7, 11) is 1.79. The van der Waals surface area contributed by atoms with Crippen molar-refractivity contribution in [3.63, 3.8) is 0 Å². The quantitative estimate of drug-likeness (QED) is 0.729. The van der Waals surface area contributed by atoms with Crippen LogP contribution in [0.1, 0.15) is 22.7 Å². The van der Waals surface area contributed by atoms with E-state index in [9.17, 15) is 4.79 Å². The van der Waals surface area contributed by atoms with Crippen molar-refractivity contribution in [1.82, 2.24) is 19.7 Å². The number of fused-ring (bicyclic) bond motifs is 2. The standard InChI is InChI=1S/C15H10N6O/c1-21-14-10(6-19-21)13(17-7-18-14)12-9-4-8(5-16)2-3-11(9)20-15(12)22/h2-4,6-7,12H,1H3,(H,20,22). The van der Waals surface area contributed by atoms with Gasteiger partial charge in [-0.3, -0.25) is 9.48 Å². The summed E-state index contributed by atoms with van der Waals surface area (Å²) in [6.45, 7) is 0. The molecule has 1 aromatic carbocycles. The van der Waals surface area contributed by atoms with E-state index < -0.39 is 5.92 Å². The number of nitrogens with zero attached hydrogens (tertiary/aromatic N) is 5. The Morgan fingerprint density at radius 3 is 3.05 bits per heavy atom. The second-order valence-corrected chi connectivity index (χ2v) is 5.10. The van der Waals surface area contributed by atoms with E-state index in [4.69, 9.17) is 5.26 Å². The van der Waals surface area contributed by atoms with Gasteiger partial charge in [0.05, 0.1) is 28.9 Å². The van der Waals surface area contributed by atoms with E-state index in [0.29, 0.717) is 22.6 Å². The largest absolute Gasteiger partial charge is 0.325 e. The van der Waals surface area contributed by atoms with Gasteiger partial charge in [-0.2, -0.15) is 10.4 Å². The minimum Gasteiger partial charge on any atom is -0.325 e. The topological polar surface area (TPSA) is 96.5 Å². The first-order valence-electron chi connectivity index (χ1n) is 6.66. The zero-order chi connectivity index (χ0) is 15.3. The van der Waals surface area contributed by atoms with Gasteiger partial charge in [-0.05, 0) is 23.8 Å². The van der Waals surface area contributed by atoms with Gasteiger partial charge >= 0.3 is 0 Å². The highest BCUT2D eigenvalue weighted by Crippen LogP contribution is 2.38. The highest BCUT2D eigenvalue weighted by Gasteiger charge is 2.34. The molecule has 0 spiro atoms. The number of anilines is 1. The summed E-state index contributed by atoms with van der Waals surface area (Å²) in [6.07, 6.45) is 3.09. The molecule has 1 aliphatic heterocycles. The fourth-order valence-corrected chi connectivity index (χ4v) is 2.81. The number of nitrogens with one attached hydrogen (secondary N) is 1. The molecule has 0 fully saturated rings. The Balaban J connectivity index is 1.97. The van der Waals surface area contributed by atoms with Crippen molar-refractivity contribution < 1.29 is 4.79 Å². The molecule has 3 aromatic rings. The lowest BCUT2D eigenvalue weighted by molar-refractivity contribution is -0.116. The third-order valence-electron chi connectivity index (χ3n) is 3.85. The molecule has 1 aliphatic rings. The van der Waals surface area contributed by atoms with Crippen molar-refractivity contribution in [3.05, 3.63) is 47.5 Å². The monoisotopic (exact) mass is 290 g/mol. The van der Waals surface area contributed by atoms with E-state index in [1.54, 1.807) is 36.1 Å². The Morgan fingerprint density at radius 2 is 2.23 bits per heavy atom. The number of rotatable bonds is 1. The van der Waals surface area contributed by atoms with Gasteiger partial charge in [0, 0.05) is 12.7 Å². The van der Waals surface area contributed by atoms with Gasteiger partial charge in [0.1, 0.15) is 12.2 Å². The molecule has 1 unspecified atom stereocenters. The van der Waals surface area contributed by atoms with Crippen molar-refractivity contribution in [3.8, 4) is 6.07 Å². The highest BCUT2D eigenvalue weighted by atomic mass is 16.2. The molecule has 1 amide bonds. The molecule has 106 valence electrons. The van der Waals surface area contributed by atoms with Crippen LogP contribution in [0.3, 0.4) is 0 Å². The number of benzene rings is 1. The van der Waals surface area contributed by atoms with E-state index >= 15 is 0 Å². The van der Waals surface area contributed by atoms with Crippen LogP contribution in [0.2, 0.25) is 0 Å². The third kappa shape index (κ3) is 1.61. The number of aromatic nitrogens is 4. The van der Waals surface area contributed by atoms with Gasteiger partial charge in [0.25, 0.3) is 0 Å². The predicted molar refractivity (Wildman–Crippen MR) is 77.9 cm³/mol. The highest BCUT2D eigenvalue weighted by molar-refractivity contribution is 6.06. The van der Waals surface area contributed by atoms with Gasteiger partial charge in [0.15, 0.2) is 5.65 Å². The van der Waals surface area contributed by atoms with Crippen molar-refractivity contribution in [1.29, 1.82) is 5.26 Å². The lowest BCUT2D eigenvalue weighted by Crippen LogP contribution is -2.15.